The van der Waals surface area contributed by atoms with Gasteiger partial charge in [0.05, 0.1) is 7.11 Å². The average molecular weight is 313 g/mol. The topological polar surface area (TPSA) is 116 Å². The molecule has 1 amide bonds. The minimum atomic E-state index is -0.725. The number of aromatic amines is 1. The van der Waals surface area contributed by atoms with Crippen LogP contribution in [0.3, 0.4) is 0 Å². The predicted molar refractivity (Wildman–Crippen MR) is 84.3 cm³/mol. The molecular formula is C15H15N5O3. The number of hydrogen-bond donors (Lipinski definition) is 2. The highest BCUT2D eigenvalue weighted by atomic mass is 16.5. The molecule has 3 aromatic rings. The van der Waals surface area contributed by atoms with Crippen molar-refractivity contribution in [2.45, 2.75) is 13.5 Å². The number of benzene rings is 1. The van der Waals surface area contributed by atoms with Gasteiger partial charge in [0.1, 0.15) is 11.3 Å². The van der Waals surface area contributed by atoms with E-state index in [1.165, 1.54) is 4.57 Å². The van der Waals surface area contributed by atoms with Crippen LogP contribution in [0, 0.1) is 0 Å². The molecule has 0 saturated heterocycles. The Morgan fingerprint density at radius 1 is 1.30 bits per heavy atom. The molecule has 0 atom stereocenters. The predicted octanol–water partition coefficient (Wildman–Crippen LogP) is 0.914. The van der Waals surface area contributed by atoms with Gasteiger partial charge in [-0.3, -0.25) is 9.36 Å². The van der Waals surface area contributed by atoms with Crippen LogP contribution in [-0.2, 0) is 6.54 Å². The van der Waals surface area contributed by atoms with Gasteiger partial charge in [0.15, 0.2) is 17.2 Å². The summed E-state index contributed by atoms with van der Waals surface area (Å²) in [7, 11) is 1.57. The Morgan fingerprint density at radius 2 is 2.00 bits per heavy atom. The van der Waals surface area contributed by atoms with Gasteiger partial charge in [-0.1, -0.05) is 0 Å². The lowest BCUT2D eigenvalue weighted by molar-refractivity contribution is 0.0997. The first-order valence-electron chi connectivity index (χ1n) is 7.00. The second-order valence-corrected chi connectivity index (χ2v) is 4.86. The van der Waals surface area contributed by atoms with Gasteiger partial charge in [-0.25, -0.2) is 14.8 Å². The van der Waals surface area contributed by atoms with Crippen molar-refractivity contribution >= 4 is 17.1 Å². The fourth-order valence-electron chi connectivity index (χ4n) is 2.37. The monoisotopic (exact) mass is 313 g/mol. The minimum absolute atomic E-state index is 0.00915. The number of nitrogens with two attached hydrogens (primary N) is 1. The Morgan fingerprint density at radius 3 is 2.57 bits per heavy atom. The molecule has 2 heterocycles. The Balaban J connectivity index is 2.28. The molecule has 0 bridgehead atoms. The molecular weight excluding hydrogens is 298 g/mol. The quantitative estimate of drug-likeness (QED) is 0.743. The van der Waals surface area contributed by atoms with Gasteiger partial charge >= 0.3 is 5.69 Å². The Hall–Kier alpha value is -3.16. The summed E-state index contributed by atoms with van der Waals surface area (Å²) in [4.78, 5) is 34.8. The molecule has 23 heavy (non-hydrogen) atoms. The van der Waals surface area contributed by atoms with Crippen molar-refractivity contribution in [3.8, 4) is 17.1 Å². The molecule has 0 radical (unpaired) electrons. The molecule has 8 nitrogen and oxygen atoms in total. The minimum Gasteiger partial charge on any atom is -0.497 e. The molecule has 0 spiro atoms. The third-order valence-corrected chi connectivity index (χ3v) is 3.52. The van der Waals surface area contributed by atoms with Crippen LogP contribution >= 0.6 is 0 Å². The number of methoxy groups -OCH3 is 1. The molecule has 1 aromatic carbocycles. The number of aromatic nitrogens is 4. The van der Waals surface area contributed by atoms with E-state index in [9.17, 15) is 9.59 Å². The second-order valence-electron chi connectivity index (χ2n) is 4.86. The number of fused-ring (bicyclic) bond motifs is 1. The van der Waals surface area contributed by atoms with Crippen LogP contribution in [0.4, 0.5) is 0 Å². The lowest BCUT2D eigenvalue weighted by Gasteiger charge is -2.06. The number of imidazole rings is 1. The number of carbonyl (C=O) groups is 1. The van der Waals surface area contributed by atoms with Crippen molar-refractivity contribution in [3.05, 3.63) is 40.4 Å². The summed E-state index contributed by atoms with van der Waals surface area (Å²) in [6.07, 6.45) is 0. The number of aryl methyl sites for hydroxylation is 1. The van der Waals surface area contributed by atoms with Gasteiger partial charge in [-0.2, -0.15) is 0 Å². The lowest BCUT2D eigenvalue weighted by atomic mass is 10.2. The third-order valence-electron chi connectivity index (χ3n) is 3.52. The Kier molecular flexibility index (Phi) is 3.57. The number of carbonyl (C=O) groups excluding carboxylic acids is 1. The number of primary amides is 1. The van der Waals surface area contributed by atoms with Crippen molar-refractivity contribution in [3.63, 3.8) is 0 Å². The fourth-order valence-corrected chi connectivity index (χ4v) is 2.37. The SMILES string of the molecule is CCn1c(=O)[nH]c2c(C(N)=O)nc(-c3ccc(OC)cc3)nc21. The number of hydrogen-bond acceptors (Lipinski definition) is 5. The zero-order valence-electron chi connectivity index (χ0n) is 12.7. The fraction of sp³-hybridized carbons (Fsp3) is 0.200. The molecule has 3 N–H and O–H groups in total. The highest BCUT2D eigenvalue weighted by molar-refractivity contribution is 6.01. The van der Waals surface area contributed by atoms with E-state index >= 15 is 0 Å². The number of rotatable bonds is 4. The summed E-state index contributed by atoms with van der Waals surface area (Å²) in [6, 6.07) is 7.06. The van der Waals surface area contributed by atoms with E-state index < -0.39 is 5.91 Å². The summed E-state index contributed by atoms with van der Waals surface area (Å²) < 4.78 is 6.54. The van der Waals surface area contributed by atoms with Gasteiger partial charge in [-0.05, 0) is 31.2 Å². The summed E-state index contributed by atoms with van der Waals surface area (Å²) in [5.74, 6) is 0.281. The van der Waals surface area contributed by atoms with Crippen molar-refractivity contribution < 1.29 is 9.53 Å². The van der Waals surface area contributed by atoms with Gasteiger partial charge in [0, 0.05) is 12.1 Å². The number of amides is 1. The summed E-state index contributed by atoms with van der Waals surface area (Å²) in [5.41, 5.74) is 6.32. The highest BCUT2D eigenvalue weighted by Crippen LogP contribution is 2.22. The van der Waals surface area contributed by atoms with Crippen molar-refractivity contribution in [2.24, 2.45) is 5.73 Å². The van der Waals surface area contributed by atoms with Crippen LogP contribution in [0.25, 0.3) is 22.6 Å². The van der Waals surface area contributed by atoms with Crippen LogP contribution in [-0.4, -0.2) is 32.5 Å². The molecule has 0 aliphatic carbocycles. The van der Waals surface area contributed by atoms with Crippen LogP contribution in [0.1, 0.15) is 17.4 Å². The first-order chi connectivity index (χ1) is 11.0. The van der Waals surface area contributed by atoms with Gasteiger partial charge in [0.2, 0.25) is 0 Å². The first-order valence-corrected chi connectivity index (χ1v) is 7.00. The molecule has 8 heteroatoms. The third kappa shape index (κ3) is 2.44. The molecule has 118 valence electrons. The van der Waals surface area contributed by atoms with E-state index in [0.29, 0.717) is 29.3 Å². The maximum Gasteiger partial charge on any atom is 0.327 e. The van der Waals surface area contributed by atoms with Crippen molar-refractivity contribution in [2.75, 3.05) is 7.11 Å². The van der Waals surface area contributed by atoms with Crippen LogP contribution in [0.15, 0.2) is 29.1 Å². The van der Waals surface area contributed by atoms with Crippen LogP contribution in [0.2, 0.25) is 0 Å². The van der Waals surface area contributed by atoms with E-state index in [2.05, 4.69) is 15.0 Å². The molecule has 0 fully saturated rings. The number of ether oxygens (including phenoxy) is 1. The molecule has 0 aliphatic rings. The largest absolute Gasteiger partial charge is 0.497 e. The maximum atomic E-state index is 11.9. The molecule has 0 unspecified atom stereocenters. The van der Waals surface area contributed by atoms with Crippen molar-refractivity contribution in [1.29, 1.82) is 0 Å². The van der Waals surface area contributed by atoms with Gasteiger partial charge in [-0.15, -0.1) is 0 Å². The average Bonchev–Trinajstić information content (AvgIpc) is 2.88. The summed E-state index contributed by atoms with van der Waals surface area (Å²) in [5, 5.41) is 0. The van der Waals surface area contributed by atoms with Gasteiger partial charge in [0.25, 0.3) is 5.91 Å². The maximum absolute atomic E-state index is 11.9. The zero-order valence-corrected chi connectivity index (χ0v) is 12.7. The van der Waals surface area contributed by atoms with Crippen LogP contribution in [0.5, 0.6) is 5.75 Å². The van der Waals surface area contributed by atoms with E-state index in [1.54, 1.807) is 31.4 Å². The van der Waals surface area contributed by atoms with Gasteiger partial charge < -0.3 is 15.5 Å². The van der Waals surface area contributed by atoms with Crippen molar-refractivity contribution in [1.82, 2.24) is 19.5 Å². The van der Waals surface area contributed by atoms with Crippen LogP contribution < -0.4 is 16.2 Å². The zero-order chi connectivity index (χ0) is 16.6. The first kappa shape index (κ1) is 14.8. The Labute approximate surface area is 130 Å². The lowest BCUT2D eigenvalue weighted by Crippen LogP contribution is -2.15. The molecule has 2 aromatic heterocycles. The van der Waals surface area contributed by atoms with E-state index in [1.807, 2.05) is 6.92 Å². The smallest absolute Gasteiger partial charge is 0.327 e. The standard InChI is InChI=1S/C15H15N5O3/c1-3-20-14-11(18-15(20)22)10(12(16)21)17-13(19-14)8-4-6-9(23-2)7-5-8/h4-7H,3H2,1-2H3,(H2,16,21)(H,18,22). The van der Waals surface area contributed by atoms with E-state index in [0.717, 1.165) is 0 Å². The molecule has 0 saturated carbocycles. The second kappa shape index (κ2) is 5.56. The highest BCUT2D eigenvalue weighted by Gasteiger charge is 2.18. The normalized spacial score (nSPS) is 10.9. The Bertz CT molecular complexity index is 940. The number of nitrogens with zero attached hydrogens (tertiary/aromatic N) is 3. The number of H-pyrrole nitrogens is 1. The van der Waals surface area contributed by atoms with E-state index in [-0.39, 0.29) is 16.9 Å². The van der Waals surface area contributed by atoms with E-state index in [4.69, 9.17) is 10.5 Å². The summed E-state index contributed by atoms with van der Waals surface area (Å²) in [6.45, 7) is 2.23. The molecule has 0 aliphatic heterocycles. The summed E-state index contributed by atoms with van der Waals surface area (Å²) >= 11 is 0. The molecule has 3 rings (SSSR count). The number of nitrogens with one attached hydrogen (secondary N) is 1.